The van der Waals surface area contributed by atoms with Crippen LogP contribution in [0.5, 0.6) is 5.75 Å². The van der Waals surface area contributed by atoms with Gasteiger partial charge in [0.05, 0.1) is 13.3 Å². The molecule has 0 aromatic carbocycles. The van der Waals surface area contributed by atoms with Crippen LogP contribution in [0, 0.1) is 0 Å². The van der Waals surface area contributed by atoms with Gasteiger partial charge in [-0.15, -0.1) is 0 Å². The van der Waals surface area contributed by atoms with E-state index in [4.69, 9.17) is 14.6 Å². The Morgan fingerprint density at radius 3 is 2.53 bits per heavy atom. The van der Waals surface area contributed by atoms with Crippen molar-refractivity contribution in [3.8, 4) is 5.75 Å². The summed E-state index contributed by atoms with van der Waals surface area (Å²) < 4.78 is 10.1. The lowest BCUT2D eigenvalue weighted by Gasteiger charge is -2.21. The minimum atomic E-state index is -0.942. The second-order valence-electron chi connectivity index (χ2n) is 4.19. The minimum Gasteiger partial charge on any atom is -0.495 e. The lowest BCUT2D eigenvalue weighted by Crippen LogP contribution is -2.36. The Bertz CT molecular complexity index is 411. The van der Waals surface area contributed by atoms with Gasteiger partial charge in [-0.1, -0.05) is 0 Å². The number of carboxylic acids is 1. The standard InChI is InChI=1S/C12H15NO4/c1-16-8-3-4-9(13-7-8)12(5-6-12)10(17-2)11(14)15/h3-4,7,10H,5-6H2,1-2H3,(H,14,15). The van der Waals surface area contributed by atoms with E-state index in [0.29, 0.717) is 5.75 Å². The largest absolute Gasteiger partial charge is 0.495 e. The van der Waals surface area contributed by atoms with Crippen molar-refractivity contribution in [1.82, 2.24) is 4.98 Å². The van der Waals surface area contributed by atoms with Crippen molar-refractivity contribution in [2.45, 2.75) is 24.4 Å². The average molecular weight is 237 g/mol. The number of ether oxygens (including phenoxy) is 2. The first-order valence-electron chi connectivity index (χ1n) is 5.40. The molecule has 0 amide bonds. The summed E-state index contributed by atoms with van der Waals surface area (Å²) in [6, 6.07) is 3.60. The van der Waals surface area contributed by atoms with Crippen molar-refractivity contribution in [2.24, 2.45) is 0 Å². The molecule has 0 spiro atoms. The third-order valence-corrected chi connectivity index (χ3v) is 3.23. The molecule has 0 bridgehead atoms. The van der Waals surface area contributed by atoms with Gasteiger partial charge in [0.15, 0.2) is 6.10 Å². The second-order valence-corrected chi connectivity index (χ2v) is 4.19. The highest BCUT2D eigenvalue weighted by Crippen LogP contribution is 2.51. The molecule has 17 heavy (non-hydrogen) atoms. The first-order valence-corrected chi connectivity index (χ1v) is 5.40. The number of pyridine rings is 1. The van der Waals surface area contributed by atoms with Gasteiger partial charge in [0, 0.05) is 18.2 Å². The molecular formula is C12H15NO4. The van der Waals surface area contributed by atoms with E-state index in [-0.39, 0.29) is 0 Å². The summed E-state index contributed by atoms with van der Waals surface area (Å²) in [5, 5.41) is 9.13. The molecule has 5 nitrogen and oxygen atoms in total. The molecule has 1 fully saturated rings. The summed E-state index contributed by atoms with van der Waals surface area (Å²) in [7, 11) is 2.99. The van der Waals surface area contributed by atoms with Crippen molar-refractivity contribution in [3.63, 3.8) is 0 Å². The van der Waals surface area contributed by atoms with E-state index < -0.39 is 17.5 Å². The Balaban J connectivity index is 2.28. The second kappa shape index (κ2) is 4.33. The summed E-state index contributed by atoms with van der Waals surface area (Å²) >= 11 is 0. The van der Waals surface area contributed by atoms with Crippen LogP contribution < -0.4 is 4.74 Å². The predicted octanol–water partition coefficient (Wildman–Crippen LogP) is 1.22. The molecule has 1 aromatic heterocycles. The number of nitrogens with zero attached hydrogens (tertiary/aromatic N) is 1. The van der Waals surface area contributed by atoms with Crippen LogP contribution in [0.3, 0.4) is 0 Å². The summed E-state index contributed by atoms with van der Waals surface area (Å²) in [6.45, 7) is 0. The molecule has 1 atom stereocenters. The summed E-state index contributed by atoms with van der Waals surface area (Å²) in [4.78, 5) is 15.4. The maximum Gasteiger partial charge on any atom is 0.333 e. The monoisotopic (exact) mass is 237 g/mol. The molecule has 1 aromatic rings. The van der Waals surface area contributed by atoms with Gasteiger partial charge in [-0.25, -0.2) is 4.79 Å². The molecule has 0 radical (unpaired) electrons. The number of carboxylic acid groups (broad SMARTS) is 1. The molecule has 5 heteroatoms. The van der Waals surface area contributed by atoms with Crippen LogP contribution in [0.1, 0.15) is 18.5 Å². The van der Waals surface area contributed by atoms with Crippen molar-refractivity contribution >= 4 is 5.97 Å². The van der Waals surface area contributed by atoms with Gasteiger partial charge < -0.3 is 14.6 Å². The lowest BCUT2D eigenvalue weighted by atomic mass is 9.94. The van der Waals surface area contributed by atoms with E-state index in [2.05, 4.69) is 4.98 Å². The fraction of sp³-hybridized carbons (Fsp3) is 0.500. The molecule has 1 aliphatic carbocycles. The van der Waals surface area contributed by atoms with Gasteiger partial charge >= 0.3 is 5.97 Å². The van der Waals surface area contributed by atoms with Gasteiger partial charge in [-0.2, -0.15) is 0 Å². The molecule has 0 aliphatic heterocycles. The zero-order valence-corrected chi connectivity index (χ0v) is 9.84. The average Bonchev–Trinajstić information content (AvgIpc) is 3.11. The predicted molar refractivity (Wildman–Crippen MR) is 60.1 cm³/mol. The number of aliphatic carboxylic acids is 1. The van der Waals surface area contributed by atoms with Crippen LogP contribution >= 0.6 is 0 Å². The van der Waals surface area contributed by atoms with Gasteiger partial charge in [-0.05, 0) is 25.0 Å². The lowest BCUT2D eigenvalue weighted by molar-refractivity contribution is -0.150. The third-order valence-electron chi connectivity index (χ3n) is 3.23. The number of carbonyl (C=O) groups is 1. The van der Waals surface area contributed by atoms with Crippen molar-refractivity contribution in [2.75, 3.05) is 14.2 Å². The van der Waals surface area contributed by atoms with E-state index >= 15 is 0 Å². The van der Waals surface area contributed by atoms with Crippen LogP contribution in [0.2, 0.25) is 0 Å². The van der Waals surface area contributed by atoms with Crippen LogP contribution in [0.4, 0.5) is 0 Å². The van der Waals surface area contributed by atoms with Crippen LogP contribution in [0.25, 0.3) is 0 Å². The Morgan fingerprint density at radius 2 is 2.18 bits per heavy atom. The normalized spacial score (nSPS) is 18.5. The molecule has 1 N–H and O–H groups in total. The zero-order valence-electron chi connectivity index (χ0n) is 9.84. The SMILES string of the molecule is COc1ccc(C2(C(OC)C(=O)O)CC2)nc1. The molecule has 92 valence electrons. The summed E-state index contributed by atoms with van der Waals surface area (Å²) in [5.74, 6) is -0.281. The van der Waals surface area contributed by atoms with Crippen LogP contribution in [-0.4, -0.2) is 36.4 Å². The quantitative estimate of drug-likeness (QED) is 0.834. The van der Waals surface area contributed by atoms with E-state index in [1.807, 2.05) is 0 Å². The highest BCUT2D eigenvalue weighted by molar-refractivity contribution is 5.75. The maximum absolute atomic E-state index is 11.1. The fourth-order valence-electron chi connectivity index (χ4n) is 2.15. The highest BCUT2D eigenvalue weighted by atomic mass is 16.5. The number of aromatic nitrogens is 1. The molecular weight excluding hydrogens is 222 g/mol. The van der Waals surface area contributed by atoms with Crippen molar-refractivity contribution in [1.29, 1.82) is 0 Å². The van der Waals surface area contributed by atoms with E-state index in [1.54, 1.807) is 25.4 Å². The molecule has 1 aliphatic rings. The van der Waals surface area contributed by atoms with Gasteiger partial charge in [-0.3, -0.25) is 4.98 Å². The molecule has 2 rings (SSSR count). The number of hydrogen-bond acceptors (Lipinski definition) is 4. The summed E-state index contributed by atoms with van der Waals surface area (Å²) in [6.07, 6.45) is 2.35. The number of rotatable bonds is 5. The molecule has 1 saturated carbocycles. The Kier molecular flexibility index (Phi) is 3.02. The van der Waals surface area contributed by atoms with Gasteiger partial charge in [0.1, 0.15) is 5.75 Å². The molecule has 1 heterocycles. The van der Waals surface area contributed by atoms with Gasteiger partial charge in [0.2, 0.25) is 0 Å². The summed E-state index contributed by atoms with van der Waals surface area (Å²) in [5.41, 5.74) is 0.292. The Labute approximate surface area is 99.4 Å². The van der Waals surface area contributed by atoms with Crippen molar-refractivity contribution < 1.29 is 19.4 Å². The smallest absolute Gasteiger partial charge is 0.333 e. The molecule has 1 unspecified atom stereocenters. The third kappa shape index (κ3) is 1.98. The maximum atomic E-state index is 11.1. The van der Waals surface area contributed by atoms with E-state index in [1.165, 1.54) is 7.11 Å². The van der Waals surface area contributed by atoms with Crippen LogP contribution in [0.15, 0.2) is 18.3 Å². The fourth-order valence-corrected chi connectivity index (χ4v) is 2.15. The van der Waals surface area contributed by atoms with Crippen LogP contribution in [-0.2, 0) is 14.9 Å². The first kappa shape index (κ1) is 11.9. The first-order chi connectivity index (χ1) is 8.14. The number of hydrogen-bond donors (Lipinski definition) is 1. The number of methoxy groups -OCH3 is 2. The minimum absolute atomic E-state index is 0.465. The highest BCUT2D eigenvalue weighted by Gasteiger charge is 2.55. The van der Waals surface area contributed by atoms with E-state index in [9.17, 15) is 4.79 Å². The topological polar surface area (TPSA) is 68.7 Å². The Hall–Kier alpha value is -1.62. The van der Waals surface area contributed by atoms with Crippen molar-refractivity contribution in [3.05, 3.63) is 24.0 Å². The molecule has 0 saturated heterocycles. The van der Waals surface area contributed by atoms with E-state index in [0.717, 1.165) is 18.5 Å². The zero-order chi connectivity index (χ0) is 12.5. The van der Waals surface area contributed by atoms with Gasteiger partial charge in [0.25, 0.3) is 0 Å². The Morgan fingerprint density at radius 1 is 1.47 bits per heavy atom.